The number of piperidine rings is 1. The Morgan fingerprint density at radius 2 is 1.79 bits per heavy atom. The Bertz CT molecular complexity index is 594. The Balaban J connectivity index is 1.85. The lowest BCUT2D eigenvalue weighted by molar-refractivity contribution is -0.897. The summed E-state index contributed by atoms with van der Waals surface area (Å²) in [5.41, 5.74) is 0.369. The number of nitrogens with one attached hydrogen (secondary N) is 2. The van der Waals surface area contributed by atoms with Crippen molar-refractivity contribution in [2.24, 2.45) is 5.92 Å². The van der Waals surface area contributed by atoms with Crippen molar-refractivity contribution in [1.82, 2.24) is 0 Å². The molecule has 0 unspecified atom stereocenters. The highest BCUT2D eigenvalue weighted by Crippen LogP contribution is 2.33. The summed E-state index contributed by atoms with van der Waals surface area (Å²) < 4.78 is 5.05. The predicted molar refractivity (Wildman–Crippen MR) is 95.0 cm³/mol. The van der Waals surface area contributed by atoms with E-state index in [0.717, 1.165) is 30.8 Å². The number of amides is 1. The highest BCUT2D eigenvalue weighted by Gasteiger charge is 2.29. The fraction of sp³-hybridized carbons (Fsp3) is 0.500. The second kappa shape index (κ2) is 8.90. The molecule has 5 nitrogen and oxygen atoms in total. The van der Waals surface area contributed by atoms with Crippen LogP contribution in [0.2, 0.25) is 15.1 Å². The average molecular weight is 395 g/mol. The summed E-state index contributed by atoms with van der Waals surface area (Å²) in [5.74, 6) is -0.372. The molecule has 2 N–H and O–H groups in total. The van der Waals surface area contributed by atoms with Gasteiger partial charge in [-0.05, 0) is 19.1 Å². The van der Waals surface area contributed by atoms with Gasteiger partial charge in [-0.2, -0.15) is 0 Å². The summed E-state index contributed by atoms with van der Waals surface area (Å²) >= 11 is 18.0. The van der Waals surface area contributed by atoms with Crippen molar-refractivity contribution in [2.75, 3.05) is 31.6 Å². The lowest BCUT2D eigenvalue weighted by atomic mass is 9.97. The highest BCUT2D eigenvalue weighted by molar-refractivity contribution is 6.42. The number of carbonyl (C=O) groups is 2. The minimum absolute atomic E-state index is 0.0584. The van der Waals surface area contributed by atoms with Crippen LogP contribution >= 0.6 is 34.8 Å². The average Bonchev–Trinajstić information content (AvgIpc) is 2.52. The smallest absolute Gasteiger partial charge is 0.309 e. The predicted octanol–water partition coefficient (Wildman–Crippen LogP) is 2.44. The van der Waals surface area contributed by atoms with Gasteiger partial charge in [0.05, 0.1) is 41.3 Å². The third-order valence-corrected chi connectivity index (χ3v) is 4.81. The van der Waals surface area contributed by atoms with Crippen molar-refractivity contribution in [2.45, 2.75) is 19.8 Å². The quantitative estimate of drug-likeness (QED) is 0.754. The zero-order valence-corrected chi connectivity index (χ0v) is 15.6. The van der Waals surface area contributed by atoms with E-state index in [1.54, 1.807) is 6.92 Å². The molecule has 0 radical (unpaired) electrons. The van der Waals surface area contributed by atoms with E-state index in [-0.39, 0.29) is 17.8 Å². The van der Waals surface area contributed by atoms with Crippen molar-refractivity contribution in [3.05, 3.63) is 27.2 Å². The van der Waals surface area contributed by atoms with Crippen molar-refractivity contribution >= 4 is 52.4 Å². The molecule has 24 heavy (non-hydrogen) atoms. The minimum Gasteiger partial charge on any atom is -0.466 e. The number of hydrogen-bond acceptors (Lipinski definition) is 3. The fourth-order valence-corrected chi connectivity index (χ4v) is 3.68. The maximum Gasteiger partial charge on any atom is 0.309 e. The molecule has 0 atom stereocenters. The minimum atomic E-state index is -0.175. The van der Waals surface area contributed by atoms with Gasteiger partial charge in [-0.3, -0.25) is 9.59 Å². The molecule has 1 aromatic rings. The number of likely N-dealkylation sites (tertiary alicyclic amines) is 1. The number of halogens is 3. The van der Waals surface area contributed by atoms with Crippen molar-refractivity contribution in [3.8, 4) is 0 Å². The molecule has 1 fully saturated rings. The topological polar surface area (TPSA) is 59.8 Å². The van der Waals surface area contributed by atoms with E-state index in [4.69, 9.17) is 39.5 Å². The van der Waals surface area contributed by atoms with Gasteiger partial charge in [0.1, 0.15) is 0 Å². The molecule has 8 heteroatoms. The van der Waals surface area contributed by atoms with Gasteiger partial charge in [-0.1, -0.05) is 34.8 Å². The number of esters is 1. The normalized spacial score (nSPS) is 20.5. The van der Waals surface area contributed by atoms with Crippen LogP contribution in [0.15, 0.2) is 12.1 Å². The van der Waals surface area contributed by atoms with Crippen molar-refractivity contribution in [1.29, 1.82) is 0 Å². The van der Waals surface area contributed by atoms with E-state index in [1.165, 1.54) is 12.1 Å². The van der Waals surface area contributed by atoms with Crippen molar-refractivity contribution < 1.29 is 19.2 Å². The molecule has 1 saturated heterocycles. The molecular formula is C16H20Cl3N2O3+. The number of anilines is 1. The Labute approximate surface area is 156 Å². The van der Waals surface area contributed by atoms with Crippen LogP contribution in [0.25, 0.3) is 0 Å². The molecule has 0 spiro atoms. The van der Waals surface area contributed by atoms with Gasteiger partial charge in [0.15, 0.2) is 6.54 Å². The standard InChI is InChI=1S/C16H19Cl3N2O3/c1-2-24-16(23)10-3-5-21(6-4-10)9-14(22)20-15-12(18)7-11(17)8-13(15)19/h7-8,10H,2-6,9H2,1H3,(H,20,22)/p+1. The van der Waals surface area contributed by atoms with Crippen LogP contribution in [0, 0.1) is 5.92 Å². The maximum atomic E-state index is 12.2. The van der Waals surface area contributed by atoms with Crippen LogP contribution in [0.1, 0.15) is 19.8 Å². The van der Waals surface area contributed by atoms with Crippen LogP contribution in [-0.2, 0) is 14.3 Å². The summed E-state index contributed by atoms with van der Waals surface area (Å²) in [6.07, 6.45) is 1.45. The molecule has 0 aliphatic carbocycles. The molecule has 1 aromatic carbocycles. The van der Waals surface area contributed by atoms with E-state index in [9.17, 15) is 9.59 Å². The van der Waals surface area contributed by atoms with Crippen LogP contribution in [-0.4, -0.2) is 38.1 Å². The number of benzene rings is 1. The molecule has 0 aromatic heterocycles. The summed E-state index contributed by atoms with van der Waals surface area (Å²) in [6.45, 7) is 4.00. The van der Waals surface area contributed by atoms with Gasteiger partial charge in [0.2, 0.25) is 0 Å². The van der Waals surface area contributed by atoms with Gasteiger partial charge in [0, 0.05) is 17.9 Å². The molecule has 1 aliphatic heterocycles. The zero-order valence-electron chi connectivity index (χ0n) is 13.3. The highest BCUT2D eigenvalue weighted by atomic mass is 35.5. The molecular weight excluding hydrogens is 375 g/mol. The summed E-state index contributed by atoms with van der Waals surface area (Å²) in [5, 5.41) is 3.75. The fourth-order valence-electron chi connectivity index (χ4n) is 2.77. The second-order valence-corrected chi connectivity index (χ2v) is 7.00. The van der Waals surface area contributed by atoms with Crippen molar-refractivity contribution in [3.63, 3.8) is 0 Å². The Hall–Kier alpha value is -1.01. The number of ether oxygens (including phenoxy) is 1. The van der Waals surface area contributed by atoms with Crippen LogP contribution < -0.4 is 10.2 Å². The first-order valence-corrected chi connectivity index (χ1v) is 8.98. The summed E-state index contributed by atoms with van der Waals surface area (Å²) in [6, 6.07) is 3.06. The van der Waals surface area contributed by atoms with E-state index in [2.05, 4.69) is 5.32 Å². The molecule has 1 heterocycles. The van der Waals surface area contributed by atoms with E-state index in [1.807, 2.05) is 0 Å². The first-order chi connectivity index (χ1) is 11.4. The number of hydrogen-bond donors (Lipinski definition) is 2. The Morgan fingerprint density at radius 1 is 1.21 bits per heavy atom. The number of carbonyl (C=O) groups excluding carboxylic acids is 2. The monoisotopic (exact) mass is 393 g/mol. The molecule has 1 amide bonds. The lowest BCUT2D eigenvalue weighted by Crippen LogP contribution is -3.14. The van der Waals surface area contributed by atoms with Crippen LogP contribution in [0.4, 0.5) is 5.69 Å². The van der Waals surface area contributed by atoms with E-state index < -0.39 is 0 Å². The molecule has 132 valence electrons. The Morgan fingerprint density at radius 3 is 2.33 bits per heavy atom. The van der Waals surface area contributed by atoms with Gasteiger partial charge in [-0.25, -0.2) is 0 Å². The number of quaternary nitrogens is 1. The Kier molecular flexibility index (Phi) is 7.16. The van der Waals surface area contributed by atoms with Crippen LogP contribution in [0.3, 0.4) is 0 Å². The van der Waals surface area contributed by atoms with Crippen LogP contribution in [0.5, 0.6) is 0 Å². The van der Waals surface area contributed by atoms with E-state index in [0.29, 0.717) is 33.9 Å². The number of rotatable bonds is 5. The van der Waals surface area contributed by atoms with Gasteiger partial charge in [-0.15, -0.1) is 0 Å². The molecule has 2 rings (SSSR count). The largest absolute Gasteiger partial charge is 0.466 e. The van der Waals surface area contributed by atoms with Gasteiger partial charge >= 0.3 is 5.97 Å². The lowest BCUT2D eigenvalue weighted by Gasteiger charge is -2.27. The molecule has 0 saturated carbocycles. The first-order valence-electron chi connectivity index (χ1n) is 7.85. The third kappa shape index (κ3) is 5.24. The van der Waals surface area contributed by atoms with Gasteiger partial charge in [0.25, 0.3) is 5.91 Å². The second-order valence-electron chi connectivity index (χ2n) is 5.75. The third-order valence-electron chi connectivity index (χ3n) is 3.99. The maximum absolute atomic E-state index is 12.2. The summed E-state index contributed by atoms with van der Waals surface area (Å²) in [4.78, 5) is 25.1. The first kappa shape index (κ1) is 19.3. The SMILES string of the molecule is CCOC(=O)C1CC[NH+](CC(=O)Nc2c(Cl)cc(Cl)cc2Cl)CC1. The summed E-state index contributed by atoms with van der Waals surface area (Å²) in [7, 11) is 0. The zero-order chi connectivity index (χ0) is 17.7. The molecule has 1 aliphatic rings. The van der Waals surface area contributed by atoms with Gasteiger partial charge < -0.3 is 15.0 Å². The van der Waals surface area contributed by atoms with E-state index >= 15 is 0 Å². The molecule has 0 bridgehead atoms.